The van der Waals surface area contributed by atoms with Crippen molar-refractivity contribution in [2.75, 3.05) is 19.8 Å². The van der Waals surface area contributed by atoms with Crippen molar-refractivity contribution in [3.8, 4) is 11.5 Å². The molecule has 4 nitrogen and oxygen atoms in total. The van der Waals surface area contributed by atoms with Crippen LogP contribution in [0.1, 0.15) is 37.0 Å². The molecule has 0 bridgehead atoms. The molecule has 2 rings (SSSR count). The van der Waals surface area contributed by atoms with E-state index in [-0.39, 0.29) is 5.91 Å². The van der Waals surface area contributed by atoms with E-state index in [1.165, 1.54) is 0 Å². The van der Waals surface area contributed by atoms with E-state index >= 15 is 0 Å². The number of carbonyl (C=O) groups is 1. The molecule has 1 amide bonds. The predicted octanol–water partition coefficient (Wildman–Crippen LogP) is 2.62. The smallest absolute Gasteiger partial charge is 0.251 e. The SMILES string of the molecule is CC(C)CCNC(=O)c1ccc2c(c1)OCCCO2. The molecule has 1 aromatic carbocycles. The lowest BCUT2D eigenvalue weighted by atomic mass is 10.1. The van der Waals surface area contributed by atoms with E-state index in [2.05, 4.69) is 19.2 Å². The first-order valence-electron chi connectivity index (χ1n) is 6.84. The molecular formula is C15H21NO3. The van der Waals surface area contributed by atoms with E-state index in [1.807, 2.05) is 0 Å². The summed E-state index contributed by atoms with van der Waals surface area (Å²) in [6.07, 6.45) is 1.85. The fourth-order valence-electron chi connectivity index (χ4n) is 1.88. The highest BCUT2D eigenvalue weighted by atomic mass is 16.5. The van der Waals surface area contributed by atoms with Crippen molar-refractivity contribution in [3.05, 3.63) is 23.8 Å². The van der Waals surface area contributed by atoms with E-state index in [4.69, 9.17) is 9.47 Å². The van der Waals surface area contributed by atoms with Gasteiger partial charge in [-0.05, 0) is 30.5 Å². The van der Waals surface area contributed by atoms with Crippen molar-refractivity contribution in [1.82, 2.24) is 5.32 Å². The molecule has 1 aliphatic rings. The molecule has 1 heterocycles. The summed E-state index contributed by atoms with van der Waals surface area (Å²) in [6, 6.07) is 5.33. The van der Waals surface area contributed by atoms with Gasteiger partial charge < -0.3 is 14.8 Å². The Morgan fingerprint density at radius 3 is 2.74 bits per heavy atom. The molecular weight excluding hydrogens is 242 g/mol. The third-order valence-corrected chi connectivity index (χ3v) is 3.02. The van der Waals surface area contributed by atoms with Gasteiger partial charge in [0.2, 0.25) is 0 Å². The fraction of sp³-hybridized carbons (Fsp3) is 0.533. The molecule has 0 radical (unpaired) electrons. The lowest BCUT2D eigenvalue weighted by molar-refractivity contribution is 0.0951. The summed E-state index contributed by atoms with van der Waals surface area (Å²) in [5.41, 5.74) is 0.619. The molecule has 1 N–H and O–H groups in total. The van der Waals surface area contributed by atoms with Crippen LogP contribution in [0.3, 0.4) is 0 Å². The first-order chi connectivity index (χ1) is 9.16. The zero-order valence-corrected chi connectivity index (χ0v) is 11.6. The molecule has 0 saturated carbocycles. The average Bonchev–Trinajstić information content (AvgIpc) is 2.62. The van der Waals surface area contributed by atoms with Gasteiger partial charge in [0.1, 0.15) is 0 Å². The molecule has 19 heavy (non-hydrogen) atoms. The van der Waals surface area contributed by atoms with E-state index < -0.39 is 0 Å². The zero-order valence-electron chi connectivity index (χ0n) is 11.6. The third kappa shape index (κ3) is 3.88. The van der Waals surface area contributed by atoms with Crippen molar-refractivity contribution in [2.24, 2.45) is 5.92 Å². The fourth-order valence-corrected chi connectivity index (χ4v) is 1.88. The Labute approximate surface area is 114 Å². The van der Waals surface area contributed by atoms with Crippen LogP contribution in [0.4, 0.5) is 0 Å². The Morgan fingerprint density at radius 2 is 2.00 bits per heavy atom. The Bertz CT molecular complexity index is 443. The summed E-state index contributed by atoms with van der Waals surface area (Å²) in [5, 5.41) is 2.92. The summed E-state index contributed by atoms with van der Waals surface area (Å²) in [6.45, 7) is 6.27. The molecule has 0 saturated heterocycles. The summed E-state index contributed by atoms with van der Waals surface area (Å²) in [4.78, 5) is 12.0. The molecule has 0 aliphatic carbocycles. The number of ether oxygens (including phenoxy) is 2. The number of hydrogen-bond acceptors (Lipinski definition) is 3. The van der Waals surface area contributed by atoms with Crippen LogP contribution in [0.25, 0.3) is 0 Å². The Kier molecular flexibility index (Phi) is 4.66. The van der Waals surface area contributed by atoms with Crippen LogP contribution in [0, 0.1) is 5.92 Å². The maximum atomic E-state index is 12.0. The Morgan fingerprint density at radius 1 is 1.26 bits per heavy atom. The second-order valence-corrected chi connectivity index (χ2v) is 5.15. The second kappa shape index (κ2) is 6.45. The van der Waals surface area contributed by atoms with E-state index in [0.29, 0.717) is 37.0 Å². The van der Waals surface area contributed by atoms with Crippen LogP contribution in [0.2, 0.25) is 0 Å². The number of carbonyl (C=O) groups excluding carboxylic acids is 1. The normalized spacial score (nSPS) is 14.1. The van der Waals surface area contributed by atoms with Gasteiger partial charge in [0, 0.05) is 18.5 Å². The highest BCUT2D eigenvalue weighted by molar-refractivity contribution is 5.94. The first-order valence-corrected chi connectivity index (χ1v) is 6.84. The Hall–Kier alpha value is -1.71. The van der Waals surface area contributed by atoms with Gasteiger partial charge in [0.05, 0.1) is 13.2 Å². The van der Waals surface area contributed by atoms with Crippen LogP contribution >= 0.6 is 0 Å². The van der Waals surface area contributed by atoms with Gasteiger partial charge in [-0.1, -0.05) is 13.8 Å². The second-order valence-electron chi connectivity index (χ2n) is 5.15. The topological polar surface area (TPSA) is 47.6 Å². The van der Waals surface area contributed by atoms with Crippen LogP contribution in [0.15, 0.2) is 18.2 Å². The maximum Gasteiger partial charge on any atom is 0.251 e. The minimum absolute atomic E-state index is 0.0590. The van der Waals surface area contributed by atoms with E-state index in [1.54, 1.807) is 18.2 Å². The highest BCUT2D eigenvalue weighted by Gasteiger charge is 2.13. The molecule has 4 heteroatoms. The predicted molar refractivity (Wildman–Crippen MR) is 73.8 cm³/mol. The number of rotatable bonds is 4. The van der Waals surface area contributed by atoms with Crippen LogP contribution in [0.5, 0.6) is 11.5 Å². The van der Waals surface area contributed by atoms with Gasteiger partial charge in [0.25, 0.3) is 5.91 Å². The van der Waals surface area contributed by atoms with Gasteiger partial charge in [-0.2, -0.15) is 0 Å². The van der Waals surface area contributed by atoms with E-state index in [0.717, 1.165) is 18.6 Å². The molecule has 0 spiro atoms. The molecule has 0 fully saturated rings. The van der Waals surface area contributed by atoms with Gasteiger partial charge in [-0.3, -0.25) is 4.79 Å². The zero-order chi connectivity index (χ0) is 13.7. The molecule has 0 atom stereocenters. The molecule has 1 aliphatic heterocycles. The molecule has 104 valence electrons. The van der Waals surface area contributed by atoms with Crippen LogP contribution in [-0.4, -0.2) is 25.7 Å². The van der Waals surface area contributed by atoms with Gasteiger partial charge >= 0.3 is 0 Å². The van der Waals surface area contributed by atoms with Crippen molar-refractivity contribution < 1.29 is 14.3 Å². The molecule has 1 aromatic rings. The number of nitrogens with one attached hydrogen (secondary N) is 1. The lowest BCUT2D eigenvalue weighted by Crippen LogP contribution is -2.25. The van der Waals surface area contributed by atoms with Crippen molar-refractivity contribution in [1.29, 1.82) is 0 Å². The summed E-state index contributed by atoms with van der Waals surface area (Å²) in [5.74, 6) is 1.91. The van der Waals surface area contributed by atoms with Gasteiger partial charge in [-0.25, -0.2) is 0 Å². The average molecular weight is 263 g/mol. The molecule has 0 unspecified atom stereocenters. The van der Waals surface area contributed by atoms with Crippen LogP contribution < -0.4 is 14.8 Å². The number of amides is 1. The van der Waals surface area contributed by atoms with Crippen molar-refractivity contribution >= 4 is 5.91 Å². The standard InChI is InChI=1S/C15H21NO3/c1-11(2)6-7-16-15(17)12-4-5-13-14(10-12)19-9-3-8-18-13/h4-5,10-11H,3,6-9H2,1-2H3,(H,16,17). The first kappa shape index (κ1) is 13.7. The number of hydrogen-bond donors (Lipinski definition) is 1. The largest absolute Gasteiger partial charge is 0.490 e. The quantitative estimate of drug-likeness (QED) is 0.908. The maximum absolute atomic E-state index is 12.0. The summed E-state index contributed by atoms with van der Waals surface area (Å²) >= 11 is 0. The number of fused-ring (bicyclic) bond motifs is 1. The van der Waals surface area contributed by atoms with Gasteiger partial charge in [0.15, 0.2) is 11.5 Å². The van der Waals surface area contributed by atoms with Gasteiger partial charge in [-0.15, -0.1) is 0 Å². The number of benzene rings is 1. The van der Waals surface area contributed by atoms with Crippen LogP contribution in [-0.2, 0) is 0 Å². The van der Waals surface area contributed by atoms with Crippen molar-refractivity contribution in [3.63, 3.8) is 0 Å². The summed E-state index contributed by atoms with van der Waals surface area (Å²) in [7, 11) is 0. The monoisotopic (exact) mass is 263 g/mol. The minimum Gasteiger partial charge on any atom is -0.490 e. The lowest BCUT2D eigenvalue weighted by Gasteiger charge is -2.10. The summed E-state index contributed by atoms with van der Waals surface area (Å²) < 4.78 is 11.1. The van der Waals surface area contributed by atoms with E-state index in [9.17, 15) is 4.79 Å². The Balaban J connectivity index is 2.00. The third-order valence-electron chi connectivity index (χ3n) is 3.02. The highest BCUT2D eigenvalue weighted by Crippen LogP contribution is 2.30. The molecule has 0 aromatic heterocycles. The van der Waals surface area contributed by atoms with Crippen molar-refractivity contribution in [2.45, 2.75) is 26.7 Å². The minimum atomic E-state index is -0.0590.